The number of hydrogen-bond donors (Lipinski definition) is 6. The fourth-order valence-electron chi connectivity index (χ4n) is 8.03. The number of carbonyl (C=O) groups excluding carboxylic acids is 3. The summed E-state index contributed by atoms with van der Waals surface area (Å²) in [6.45, 7) is 4.57. The number of fused-ring (bicyclic) bond motifs is 3. The Morgan fingerprint density at radius 1 is 1.06 bits per heavy atom. The molecule has 258 valence electrons. The highest BCUT2D eigenvalue weighted by molar-refractivity contribution is 6.25. The maximum absolute atomic E-state index is 14.4. The minimum absolute atomic E-state index is 0.0109. The summed E-state index contributed by atoms with van der Waals surface area (Å²) in [4.78, 5) is 48.0. The molecule has 14 nitrogen and oxygen atoms in total. The number of amides is 1. The van der Waals surface area contributed by atoms with Crippen LogP contribution in [0.3, 0.4) is 0 Å². The van der Waals surface area contributed by atoms with E-state index in [0.29, 0.717) is 35.9 Å². The molecule has 0 spiro atoms. The van der Waals surface area contributed by atoms with Crippen LogP contribution >= 0.6 is 0 Å². The van der Waals surface area contributed by atoms with Crippen LogP contribution in [0.15, 0.2) is 45.3 Å². The molecule has 3 aliphatic carbocycles. The molecule has 14 heteroatoms. The monoisotopic (exact) mass is 665 g/mol. The number of anilines is 1. The van der Waals surface area contributed by atoms with Gasteiger partial charge >= 0.3 is 0 Å². The highest BCUT2D eigenvalue weighted by Gasteiger charge is 2.63. The van der Waals surface area contributed by atoms with Crippen molar-refractivity contribution >= 4 is 23.2 Å². The van der Waals surface area contributed by atoms with Gasteiger partial charge in [-0.05, 0) is 56.6 Å². The highest BCUT2D eigenvalue weighted by Crippen LogP contribution is 2.54. The SMILES string of the molecule is CN(C)c1cc(-c2ccc(CN3CCN(CCO)CC3)o2)c(O)c2c1C[C@@H]1C[C@H]3[C@H](N(C)C)C(O)=C(C(N)=O)C(=O)[C@@]3(O)C(O)=C1C2=O. The van der Waals surface area contributed by atoms with Gasteiger partial charge in [0.05, 0.1) is 30.3 Å². The molecule has 4 aliphatic rings. The molecule has 7 N–H and O–H groups in total. The lowest BCUT2D eigenvalue weighted by atomic mass is 9.58. The maximum atomic E-state index is 14.4. The van der Waals surface area contributed by atoms with Gasteiger partial charge in [0.2, 0.25) is 5.78 Å². The number of rotatable bonds is 8. The number of carbonyl (C=O) groups is 3. The van der Waals surface area contributed by atoms with Gasteiger partial charge in [0, 0.05) is 64.0 Å². The van der Waals surface area contributed by atoms with Crippen LogP contribution in [0.2, 0.25) is 0 Å². The Morgan fingerprint density at radius 3 is 2.33 bits per heavy atom. The van der Waals surface area contributed by atoms with E-state index in [1.165, 1.54) is 4.90 Å². The Morgan fingerprint density at radius 2 is 1.73 bits per heavy atom. The highest BCUT2D eigenvalue weighted by atomic mass is 16.4. The average molecular weight is 666 g/mol. The molecule has 0 unspecified atom stereocenters. The van der Waals surface area contributed by atoms with Crippen molar-refractivity contribution in [3.05, 3.63) is 57.8 Å². The molecule has 0 saturated carbocycles. The first-order valence-electron chi connectivity index (χ1n) is 16.1. The fourth-order valence-corrected chi connectivity index (χ4v) is 8.03. The molecule has 6 rings (SSSR count). The summed E-state index contributed by atoms with van der Waals surface area (Å²) in [5.41, 5.74) is 3.04. The predicted molar refractivity (Wildman–Crippen MR) is 175 cm³/mol. The van der Waals surface area contributed by atoms with E-state index < -0.39 is 58.0 Å². The Hall–Kier alpha value is -4.21. The molecular formula is C34H43N5O9. The van der Waals surface area contributed by atoms with Crippen LogP contribution in [0.4, 0.5) is 5.69 Å². The third-order valence-electron chi connectivity index (χ3n) is 10.4. The van der Waals surface area contributed by atoms with Crippen LogP contribution in [0.1, 0.15) is 28.1 Å². The molecule has 0 radical (unpaired) electrons. The summed E-state index contributed by atoms with van der Waals surface area (Å²) in [5, 5.41) is 55.5. The summed E-state index contributed by atoms with van der Waals surface area (Å²) in [6, 6.07) is 4.25. The van der Waals surface area contributed by atoms with E-state index in [4.69, 9.17) is 10.2 Å². The molecule has 2 aromatic rings. The van der Waals surface area contributed by atoms with E-state index in [9.17, 15) is 39.9 Å². The standard InChI is InChI=1S/C34H43N5O9/c1-36(2)22-15-20(23-6-5-18(48-23)16-39-9-7-38(8-10-39)11-12-40)28(41)25-19(22)13-17-14-21-27(37(3)4)30(43)26(33(35)46)32(45)34(21,47)31(44)24(17)29(25)42/h5-6,15,17,21,27,40-41,43-44,47H,7-14,16H2,1-4H3,(H2,35,46)/t17-,21+,27+,34+/m1/s1. The number of nitrogens with zero attached hydrogens (tertiary/aromatic N) is 4. The number of allylic oxidation sites excluding steroid dienone is 1. The minimum atomic E-state index is -2.71. The van der Waals surface area contributed by atoms with Gasteiger partial charge < -0.3 is 40.6 Å². The second kappa shape index (κ2) is 12.3. The van der Waals surface area contributed by atoms with Crippen molar-refractivity contribution < 1.29 is 44.3 Å². The summed E-state index contributed by atoms with van der Waals surface area (Å²) in [5.74, 6) is -5.93. The van der Waals surface area contributed by atoms with E-state index in [0.717, 1.165) is 26.2 Å². The number of primary amides is 1. The zero-order valence-electron chi connectivity index (χ0n) is 27.6. The lowest BCUT2D eigenvalue weighted by Crippen LogP contribution is -2.63. The number of hydrogen-bond acceptors (Lipinski definition) is 13. The van der Waals surface area contributed by atoms with Gasteiger partial charge in [0.15, 0.2) is 11.4 Å². The van der Waals surface area contributed by atoms with E-state index in [1.807, 2.05) is 25.1 Å². The number of benzene rings is 1. The maximum Gasteiger partial charge on any atom is 0.255 e. The molecular weight excluding hydrogens is 622 g/mol. The van der Waals surface area contributed by atoms with Crippen LogP contribution in [-0.4, -0.2) is 137 Å². The number of aliphatic hydroxyl groups excluding tert-OH is 3. The van der Waals surface area contributed by atoms with Crippen molar-refractivity contribution in [2.75, 3.05) is 72.4 Å². The number of furan rings is 1. The van der Waals surface area contributed by atoms with E-state index in [1.54, 1.807) is 26.2 Å². The summed E-state index contributed by atoms with van der Waals surface area (Å²) < 4.78 is 6.19. The van der Waals surface area contributed by atoms with Crippen molar-refractivity contribution in [3.63, 3.8) is 0 Å². The van der Waals surface area contributed by atoms with Crippen LogP contribution < -0.4 is 10.6 Å². The molecule has 48 heavy (non-hydrogen) atoms. The van der Waals surface area contributed by atoms with Crippen LogP contribution in [0, 0.1) is 11.8 Å². The van der Waals surface area contributed by atoms with E-state index in [-0.39, 0.29) is 41.9 Å². The number of Topliss-reactive ketones (excluding diaryl/α,β-unsaturated/α-hetero) is 2. The molecule has 1 amide bonds. The van der Waals surface area contributed by atoms with Gasteiger partial charge in [-0.25, -0.2) is 0 Å². The van der Waals surface area contributed by atoms with Crippen LogP contribution in [-0.2, 0) is 22.6 Å². The van der Waals surface area contributed by atoms with Gasteiger partial charge in [-0.3, -0.25) is 29.1 Å². The first-order chi connectivity index (χ1) is 22.7. The Labute approximate surface area is 277 Å². The molecule has 1 aromatic carbocycles. The molecule has 4 atom stereocenters. The number of aliphatic hydroxyl groups is 4. The number of nitrogens with two attached hydrogens (primary N) is 1. The minimum Gasteiger partial charge on any atom is -0.510 e. The van der Waals surface area contributed by atoms with Gasteiger partial charge in [0.1, 0.15) is 34.4 Å². The molecule has 2 heterocycles. The predicted octanol–water partition coefficient (Wildman–Crippen LogP) is 0.557. The number of phenols is 1. The van der Waals surface area contributed by atoms with Crippen molar-refractivity contribution in [1.82, 2.24) is 14.7 Å². The van der Waals surface area contributed by atoms with Gasteiger partial charge in [-0.2, -0.15) is 0 Å². The summed E-state index contributed by atoms with van der Waals surface area (Å²) >= 11 is 0. The number of aromatic hydroxyl groups is 1. The first kappa shape index (κ1) is 33.7. The zero-order valence-corrected chi connectivity index (χ0v) is 27.6. The van der Waals surface area contributed by atoms with Gasteiger partial charge in [-0.15, -0.1) is 0 Å². The largest absolute Gasteiger partial charge is 0.510 e. The Bertz CT molecular complexity index is 1740. The second-order valence-corrected chi connectivity index (χ2v) is 13.6. The van der Waals surface area contributed by atoms with E-state index >= 15 is 0 Å². The Kier molecular flexibility index (Phi) is 8.67. The topological polar surface area (TPSA) is 204 Å². The average Bonchev–Trinajstić information content (AvgIpc) is 3.47. The number of phenolic OH excluding ortho intramolecular Hbond substituents is 1. The Balaban J connectivity index is 1.40. The number of ketones is 2. The number of likely N-dealkylation sites (N-methyl/N-ethyl adjacent to an activating group) is 1. The van der Waals surface area contributed by atoms with Crippen molar-refractivity contribution in [1.29, 1.82) is 0 Å². The quantitative estimate of drug-likeness (QED) is 0.214. The number of piperazine rings is 1. The van der Waals surface area contributed by atoms with Crippen LogP contribution in [0.25, 0.3) is 11.3 Å². The second-order valence-electron chi connectivity index (χ2n) is 13.6. The lowest BCUT2D eigenvalue weighted by Gasteiger charge is -2.50. The third kappa shape index (κ3) is 5.19. The normalized spacial score (nSPS) is 26.5. The molecule has 0 bridgehead atoms. The molecule has 1 fully saturated rings. The van der Waals surface area contributed by atoms with E-state index in [2.05, 4.69) is 9.80 Å². The van der Waals surface area contributed by atoms with Gasteiger partial charge in [-0.1, -0.05) is 0 Å². The smallest absolute Gasteiger partial charge is 0.255 e. The lowest BCUT2D eigenvalue weighted by molar-refractivity contribution is -0.148. The molecule has 1 aromatic heterocycles. The van der Waals surface area contributed by atoms with Crippen molar-refractivity contribution in [2.45, 2.75) is 31.0 Å². The van der Waals surface area contributed by atoms with Crippen molar-refractivity contribution in [3.8, 4) is 17.1 Å². The molecule has 1 aliphatic heterocycles. The fraction of sp³-hybridized carbons (Fsp3) is 0.500. The third-order valence-corrected chi connectivity index (χ3v) is 10.4. The summed E-state index contributed by atoms with van der Waals surface area (Å²) in [7, 11) is 6.81. The van der Waals surface area contributed by atoms with Crippen molar-refractivity contribution in [2.24, 2.45) is 17.6 Å². The summed E-state index contributed by atoms with van der Waals surface area (Å²) in [6.07, 6.45) is 0.193. The first-order valence-corrected chi connectivity index (χ1v) is 16.1. The number of β-amino-alcohol motifs (C(OH)–C–C–N with tert-alkyl or cyclic N) is 1. The van der Waals surface area contributed by atoms with Crippen LogP contribution in [0.5, 0.6) is 5.75 Å². The zero-order chi connectivity index (χ0) is 34.8. The van der Waals surface area contributed by atoms with Gasteiger partial charge in [0.25, 0.3) is 5.91 Å². The molecule has 1 saturated heterocycles.